The Kier molecular flexibility index (Phi) is 4.94. The van der Waals surface area contributed by atoms with Gasteiger partial charge in [0.25, 0.3) is 0 Å². The van der Waals surface area contributed by atoms with Crippen molar-refractivity contribution in [2.45, 2.75) is 39.2 Å². The van der Waals surface area contributed by atoms with E-state index < -0.39 is 5.97 Å². The molecule has 2 rings (SSSR count). The molecule has 1 saturated carbocycles. The van der Waals surface area contributed by atoms with Crippen LogP contribution in [0.15, 0.2) is 0 Å². The molecule has 20 heavy (non-hydrogen) atoms. The van der Waals surface area contributed by atoms with Crippen LogP contribution in [0, 0.1) is 12.8 Å². The first kappa shape index (κ1) is 14.8. The Bertz CT molecular complexity index is 497. The van der Waals surface area contributed by atoms with Crippen LogP contribution in [0.25, 0.3) is 0 Å². The maximum Gasteiger partial charge on any atom is 0.347 e. The summed E-state index contributed by atoms with van der Waals surface area (Å²) in [6.45, 7) is 2.59. The number of hydrogen-bond acceptors (Lipinski definition) is 4. The molecule has 1 aromatic rings. The Hall–Kier alpha value is -1.63. The number of thiazole rings is 1. The molecule has 1 aliphatic rings. The maximum absolute atomic E-state index is 11.5. The van der Waals surface area contributed by atoms with Gasteiger partial charge in [-0.25, -0.2) is 14.6 Å². The molecular weight excluding hydrogens is 278 g/mol. The van der Waals surface area contributed by atoms with Crippen molar-refractivity contribution in [3.05, 3.63) is 15.6 Å². The van der Waals surface area contributed by atoms with Gasteiger partial charge in [0.05, 0.1) is 12.2 Å². The number of hydrogen-bond donors (Lipinski definition) is 3. The number of aromatic carboxylic acids is 1. The Labute approximate surface area is 121 Å². The van der Waals surface area contributed by atoms with E-state index in [0.29, 0.717) is 17.2 Å². The first-order chi connectivity index (χ1) is 9.56. The van der Waals surface area contributed by atoms with Gasteiger partial charge in [0, 0.05) is 6.54 Å². The summed E-state index contributed by atoms with van der Waals surface area (Å²) in [7, 11) is 0. The monoisotopic (exact) mass is 297 g/mol. The molecule has 0 atom stereocenters. The zero-order valence-corrected chi connectivity index (χ0v) is 12.3. The second-order valence-electron chi connectivity index (χ2n) is 5.02. The van der Waals surface area contributed by atoms with Crippen LogP contribution in [-0.2, 0) is 6.54 Å². The SMILES string of the molecule is Cc1nc(CNC(=O)NCCCC2CC2)sc1C(=O)O. The molecule has 0 spiro atoms. The number of carbonyl (C=O) groups is 2. The van der Waals surface area contributed by atoms with Gasteiger partial charge in [-0.2, -0.15) is 0 Å². The molecule has 1 fully saturated rings. The van der Waals surface area contributed by atoms with Crippen LogP contribution in [0.5, 0.6) is 0 Å². The third-order valence-corrected chi connectivity index (χ3v) is 4.35. The van der Waals surface area contributed by atoms with E-state index >= 15 is 0 Å². The van der Waals surface area contributed by atoms with E-state index in [1.165, 1.54) is 19.3 Å². The standard InChI is InChI=1S/C13H19N3O3S/c1-8-11(12(17)18)20-10(16-8)7-15-13(19)14-6-2-3-9-4-5-9/h9H,2-7H2,1H3,(H,17,18)(H2,14,15,19). The average Bonchev–Trinajstić information content (AvgIpc) is 3.14. The van der Waals surface area contributed by atoms with Crippen LogP contribution in [0.1, 0.15) is 46.1 Å². The summed E-state index contributed by atoms with van der Waals surface area (Å²) >= 11 is 1.10. The molecule has 0 unspecified atom stereocenters. The van der Waals surface area contributed by atoms with Crippen LogP contribution < -0.4 is 10.6 Å². The number of nitrogens with zero attached hydrogens (tertiary/aromatic N) is 1. The average molecular weight is 297 g/mol. The molecule has 0 saturated heterocycles. The predicted molar refractivity (Wildman–Crippen MR) is 76.0 cm³/mol. The summed E-state index contributed by atoms with van der Waals surface area (Å²) in [4.78, 5) is 26.8. The second-order valence-corrected chi connectivity index (χ2v) is 6.11. The van der Waals surface area contributed by atoms with E-state index in [0.717, 1.165) is 23.7 Å². The molecular formula is C13H19N3O3S. The third-order valence-electron chi connectivity index (χ3n) is 3.21. The highest BCUT2D eigenvalue weighted by Crippen LogP contribution is 2.33. The molecule has 0 aromatic carbocycles. The van der Waals surface area contributed by atoms with Crippen molar-refractivity contribution in [1.82, 2.24) is 15.6 Å². The third kappa shape index (κ3) is 4.48. The molecule has 0 aliphatic heterocycles. The number of carbonyl (C=O) groups excluding carboxylic acids is 1. The van der Waals surface area contributed by atoms with Gasteiger partial charge in [0.1, 0.15) is 9.88 Å². The fourth-order valence-corrected chi connectivity index (χ4v) is 2.79. The lowest BCUT2D eigenvalue weighted by atomic mass is 10.2. The van der Waals surface area contributed by atoms with Crippen molar-refractivity contribution >= 4 is 23.3 Å². The van der Waals surface area contributed by atoms with Crippen molar-refractivity contribution in [3.63, 3.8) is 0 Å². The Morgan fingerprint density at radius 3 is 2.75 bits per heavy atom. The van der Waals surface area contributed by atoms with Gasteiger partial charge in [-0.3, -0.25) is 0 Å². The summed E-state index contributed by atoms with van der Waals surface area (Å²) in [6.07, 6.45) is 4.87. The van der Waals surface area contributed by atoms with Crippen molar-refractivity contribution < 1.29 is 14.7 Å². The number of carboxylic acids is 1. The van der Waals surface area contributed by atoms with Crippen molar-refractivity contribution in [3.8, 4) is 0 Å². The van der Waals surface area contributed by atoms with E-state index in [2.05, 4.69) is 15.6 Å². The largest absolute Gasteiger partial charge is 0.477 e. The number of carboxylic acid groups (broad SMARTS) is 1. The van der Waals surface area contributed by atoms with Gasteiger partial charge in [-0.1, -0.05) is 12.8 Å². The van der Waals surface area contributed by atoms with Gasteiger partial charge < -0.3 is 15.7 Å². The highest BCUT2D eigenvalue weighted by Gasteiger charge is 2.20. The van der Waals surface area contributed by atoms with Crippen LogP contribution in [0.3, 0.4) is 0 Å². The van der Waals surface area contributed by atoms with Crippen molar-refractivity contribution in [1.29, 1.82) is 0 Å². The van der Waals surface area contributed by atoms with E-state index in [4.69, 9.17) is 5.11 Å². The van der Waals surface area contributed by atoms with Gasteiger partial charge in [-0.15, -0.1) is 11.3 Å². The molecule has 1 aromatic heterocycles. The number of nitrogens with one attached hydrogen (secondary N) is 2. The normalized spacial score (nSPS) is 14.1. The molecule has 2 amide bonds. The lowest BCUT2D eigenvalue weighted by Crippen LogP contribution is -2.35. The molecule has 110 valence electrons. The minimum atomic E-state index is -0.976. The highest BCUT2D eigenvalue weighted by atomic mass is 32.1. The fourth-order valence-electron chi connectivity index (χ4n) is 1.94. The molecule has 3 N–H and O–H groups in total. The van der Waals surface area contributed by atoms with Crippen LogP contribution in [0.4, 0.5) is 4.79 Å². The van der Waals surface area contributed by atoms with Crippen LogP contribution >= 0.6 is 11.3 Å². The number of aryl methyl sites for hydroxylation is 1. The van der Waals surface area contributed by atoms with E-state index in [9.17, 15) is 9.59 Å². The number of amides is 2. The zero-order chi connectivity index (χ0) is 14.5. The van der Waals surface area contributed by atoms with Gasteiger partial charge in [0.15, 0.2) is 0 Å². The minimum Gasteiger partial charge on any atom is -0.477 e. The van der Waals surface area contributed by atoms with Crippen LogP contribution in [-0.4, -0.2) is 28.6 Å². The summed E-state index contributed by atoms with van der Waals surface area (Å²) in [5.41, 5.74) is 0.490. The smallest absolute Gasteiger partial charge is 0.347 e. The summed E-state index contributed by atoms with van der Waals surface area (Å²) in [6, 6.07) is -0.231. The first-order valence-electron chi connectivity index (χ1n) is 6.77. The molecule has 1 heterocycles. The lowest BCUT2D eigenvalue weighted by molar-refractivity contribution is 0.0701. The van der Waals surface area contributed by atoms with E-state index in [1.54, 1.807) is 6.92 Å². The molecule has 0 radical (unpaired) electrons. The van der Waals surface area contributed by atoms with E-state index in [1.807, 2.05) is 0 Å². The fraction of sp³-hybridized carbons (Fsp3) is 0.615. The van der Waals surface area contributed by atoms with Gasteiger partial charge in [0.2, 0.25) is 0 Å². The molecule has 1 aliphatic carbocycles. The zero-order valence-electron chi connectivity index (χ0n) is 11.4. The lowest BCUT2D eigenvalue weighted by Gasteiger charge is -2.05. The summed E-state index contributed by atoms with van der Waals surface area (Å²) < 4.78 is 0. The second kappa shape index (κ2) is 6.69. The van der Waals surface area contributed by atoms with Crippen molar-refractivity contribution in [2.75, 3.05) is 6.54 Å². The topological polar surface area (TPSA) is 91.3 Å². The number of rotatable bonds is 7. The summed E-state index contributed by atoms with van der Waals surface area (Å²) in [5, 5.41) is 15.0. The van der Waals surface area contributed by atoms with Crippen LogP contribution in [0.2, 0.25) is 0 Å². The quantitative estimate of drug-likeness (QED) is 0.672. The summed E-state index contributed by atoms with van der Waals surface area (Å²) in [5.74, 6) is -0.0941. The Morgan fingerprint density at radius 1 is 1.40 bits per heavy atom. The molecule has 6 nitrogen and oxygen atoms in total. The van der Waals surface area contributed by atoms with Gasteiger partial charge in [-0.05, 0) is 25.7 Å². The number of aromatic nitrogens is 1. The molecule has 0 bridgehead atoms. The van der Waals surface area contributed by atoms with Crippen molar-refractivity contribution in [2.24, 2.45) is 5.92 Å². The highest BCUT2D eigenvalue weighted by molar-refractivity contribution is 7.13. The maximum atomic E-state index is 11.5. The minimum absolute atomic E-state index is 0.228. The Balaban J connectivity index is 1.66. The van der Waals surface area contributed by atoms with E-state index in [-0.39, 0.29) is 17.5 Å². The Morgan fingerprint density at radius 2 is 2.15 bits per heavy atom. The predicted octanol–water partition coefficient (Wildman–Crippen LogP) is 2.14. The van der Waals surface area contributed by atoms with Gasteiger partial charge >= 0.3 is 12.0 Å². The number of urea groups is 1. The molecule has 7 heteroatoms. The first-order valence-corrected chi connectivity index (χ1v) is 7.59.